The Morgan fingerprint density at radius 2 is 1.89 bits per heavy atom. The van der Waals surface area contributed by atoms with Gasteiger partial charge in [-0.25, -0.2) is 4.98 Å². The minimum Gasteiger partial charge on any atom is -0.292 e. The predicted molar refractivity (Wildman–Crippen MR) is 84.7 cm³/mol. The topological polar surface area (TPSA) is 52.0 Å². The molecule has 0 saturated carbocycles. The summed E-state index contributed by atoms with van der Waals surface area (Å²) < 4.78 is 2.89. The van der Waals surface area contributed by atoms with Crippen LogP contribution in [0.5, 0.6) is 0 Å². The number of halogens is 2. The number of hydrogen-bond donors (Lipinski definition) is 0. The Bertz CT molecular complexity index is 635. The average molecular weight is 466 g/mol. The van der Waals surface area contributed by atoms with E-state index in [-0.39, 0.29) is 17.9 Å². The number of aromatic nitrogens is 2. The van der Waals surface area contributed by atoms with E-state index in [0.29, 0.717) is 9.13 Å². The number of carbonyl (C=O) groups is 1. The molecule has 0 spiro atoms. The van der Waals surface area contributed by atoms with Crippen LogP contribution in [0.25, 0.3) is 0 Å². The van der Waals surface area contributed by atoms with Gasteiger partial charge in [0, 0.05) is 15.3 Å². The summed E-state index contributed by atoms with van der Waals surface area (Å²) in [4.78, 5) is 27.7. The van der Waals surface area contributed by atoms with Crippen LogP contribution in [0.2, 0.25) is 0 Å². The Hall–Kier alpha value is -0.770. The summed E-state index contributed by atoms with van der Waals surface area (Å²) in [5.41, 5.74) is 0.408. The lowest BCUT2D eigenvalue weighted by molar-refractivity contribution is 0.0970. The first-order chi connectivity index (χ1) is 8.58. The molecule has 0 saturated heterocycles. The van der Waals surface area contributed by atoms with Crippen molar-refractivity contribution in [3.8, 4) is 0 Å². The van der Waals surface area contributed by atoms with Crippen molar-refractivity contribution >= 4 is 51.0 Å². The van der Waals surface area contributed by atoms with Crippen LogP contribution in [0.3, 0.4) is 0 Å². The number of ketones is 1. The van der Waals surface area contributed by atoms with Crippen molar-refractivity contribution in [1.29, 1.82) is 0 Å². The van der Waals surface area contributed by atoms with Crippen molar-refractivity contribution in [3.63, 3.8) is 0 Å². The Kier molecular flexibility index (Phi) is 4.49. The Morgan fingerprint density at radius 1 is 1.22 bits per heavy atom. The molecular formula is C12H8I2N2O2. The van der Waals surface area contributed by atoms with Gasteiger partial charge in [-0.15, -0.1) is 0 Å². The third kappa shape index (κ3) is 3.16. The van der Waals surface area contributed by atoms with Crippen LogP contribution in [-0.4, -0.2) is 15.3 Å². The third-order valence-electron chi connectivity index (χ3n) is 2.34. The second-order valence-corrected chi connectivity index (χ2v) is 6.01. The quantitative estimate of drug-likeness (QED) is 0.516. The van der Waals surface area contributed by atoms with Gasteiger partial charge in [0.25, 0.3) is 5.56 Å². The van der Waals surface area contributed by atoms with Crippen LogP contribution in [0.4, 0.5) is 0 Å². The molecule has 4 nitrogen and oxygen atoms in total. The van der Waals surface area contributed by atoms with E-state index in [0.717, 1.165) is 3.57 Å². The van der Waals surface area contributed by atoms with Crippen molar-refractivity contribution in [3.05, 3.63) is 59.8 Å². The Balaban J connectivity index is 2.24. The van der Waals surface area contributed by atoms with Gasteiger partial charge in [-0.3, -0.25) is 14.2 Å². The maximum Gasteiger partial charge on any atom is 0.267 e. The van der Waals surface area contributed by atoms with Gasteiger partial charge in [0.15, 0.2) is 5.78 Å². The van der Waals surface area contributed by atoms with Crippen LogP contribution in [-0.2, 0) is 6.54 Å². The van der Waals surface area contributed by atoms with Crippen molar-refractivity contribution in [1.82, 2.24) is 9.55 Å². The summed E-state index contributed by atoms with van der Waals surface area (Å²) in [6.45, 7) is 0.0171. The molecule has 1 heterocycles. The molecule has 1 aromatic carbocycles. The fraction of sp³-hybridized carbons (Fsp3) is 0.0833. The Morgan fingerprint density at radius 3 is 2.56 bits per heavy atom. The normalized spacial score (nSPS) is 10.3. The lowest BCUT2D eigenvalue weighted by Crippen LogP contribution is -2.26. The molecule has 92 valence electrons. The van der Waals surface area contributed by atoms with Crippen molar-refractivity contribution in [2.75, 3.05) is 0 Å². The molecule has 6 heteroatoms. The van der Waals surface area contributed by atoms with E-state index in [4.69, 9.17) is 0 Å². The van der Waals surface area contributed by atoms with Crippen LogP contribution in [0, 0.1) is 7.14 Å². The summed E-state index contributed by atoms with van der Waals surface area (Å²) in [7, 11) is 0. The van der Waals surface area contributed by atoms with Crippen molar-refractivity contribution < 1.29 is 4.79 Å². The summed E-state index contributed by atoms with van der Waals surface area (Å²) in [6.07, 6.45) is 2.86. The largest absolute Gasteiger partial charge is 0.292 e. The van der Waals surface area contributed by atoms with Gasteiger partial charge in [0.1, 0.15) is 0 Å². The molecule has 0 unspecified atom stereocenters. The smallest absolute Gasteiger partial charge is 0.267 e. The molecule has 0 amide bonds. The number of carbonyl (C=O) groups excluding carboxylic acids is 1. The minimum absolute atomic E-state index is 0.0171. The van der Waals surface area contributed by atoms with Gasteiger partial charge < -0.3 is 0 Å². The fourth-order valence-electron chi connectivity index (χ4n) is 1.42. The van der Waals surface area contributed by atoms with E-state index < -0.39 is 0 Å². The molecule has 2 aromatic rings. The number of hydrogen-bond acceptors (Lipinski definition) is 3. The summed E-state index contributed by atoms with van der Waals surface area (Å²) in [6, 6.07) is 7.25. The first kappa shape index (κ1) is 13.7. The van der Waals surface area contributed by atoms with E-state index in [2.05, 4.69) is 27.6 Å². The van der Waals surface area contributed by atoms with E-state index >= 15 is 0 Å². The molecule has 0 fully saturated rings. The zero-order valence-corrected chi connectivity index (χ0v) is 13.5. The second kappa shape index (κ2) is 5.91. The fourth-order valence-corrected chi connectivity index (χ4v) is 2.25. The van der Waals surface area contributed by atoms with Crippen LogP contribution in [0.15, 0.2) is 41.6 Å². The highest BCUT2D eigenvalue weighted by atomic mass is 127. The van der Waals surface area contributed by atoms with E-state index in [1.807, 2.05) is 34.7 Å². The minimum atomic E-state index is -0.190. The zero-order valence-electron chi connectivity index (χ0n) is 9.14. The van der Waals surface area contributed by atoms with Crippen LogP contribution in [0.1, 0.15) is 10.4 Å². The molecule has 2 rings (SSSR count). The zero-order chi connectivity index (χ0) is 13.1. The molecule has 18 heavy (non-hydrogen) atoms. The summed E-state index contributed by atoms with van der Waals surface area (Å²) in [5, 5.41) is 0. The number of benzene rings is 1. The van der Waals surface area contributed by atoms with Crippen LogP contribution >= 0.6 is 45.2 Å². The first-order valence-corrected chi connectivity index (χ1v) is 7.22. The van der Waals surface area contributed by atoms with Gasteiger partial charge in [0.2, 0.25) is 0 Å². The molecule has 0 aliphatic heterocycles. The predicted octanol–water partition coefficient (Wildman–Crippen LogP) is 2.34. The highest BCUT2D eigenvalue weighted by molar-refractivity contribution is 14.1. The van der Waals surface area contributed by atoms with E-state index in [1.165, 1.54) is 17.1 Å². The monoisotopic (exact) mass is 466 g/mol. The highest BCUT2D eigenvalue weighted by Crippen LogP contribution is 2.08. The summed E-state index contributed by atoms with van der Waals surface area (Å²) in [5.74, 6) is -0.0997. The third-order valence-corrected chi connectivity index (χ3v) is 3.80. The highest BCUT2D eigenvalue weighted by Gasteiger charge is 2.09. The van der Waals surface area contributed by atoms with Crippen LogP contribution < -0.4 is 5.56 Å². The van der Waals surface area contributed by atoms with Gasteiger partial charge in [0.05, 0.1) is 16.4 Å². The van der Waals surface area contributed by atoms with E-state index in [1.54, 1.807) is 12.1 Å². The lowest BCUT2D eigenvalue weighted by atomic mass is 10.1. The lowest BCUT2D eigenvalue weighted by Gasteiger charge is -2.04. The first-order valence-electron chi connectivity index (χ1n) is 5.06. The molecule has 0 bridgehead atoms. The molecule has 0 aliphatic rings. The van der Waals surface area contributed by atoms with Crippen molar-refractivity contribution in [2.45, 2.75) is 6.54 Å². The summed E-state index contributed by atoms with van der Waals surface area (Å²) >= 11 is 4.08. The maximum absolute atomic E-state index is 12.0. The number of rotatable bonds is 3. The van der Waals surface area contributed by atoms with Gasteiger partial charge in [-0.05, 0) is 57.3 Å². The molecule has 0 N–H and O–H groups in total. The maximum atomic E-state index is 12.0. The molecular weight excluding hydrogens is 458 g/mol. The molecule has 0 atom stereocenters. The number of Topliss-reactive ketones (excluding diaryl/α,β-unsaturated/α-hetero) is 1. The standard InChI is InChI=1S/C12H8I2N2O2/c13-9-3-1-8(2-4-9)11(17)6-16-7-15-5-10(14)12(16)18/h1-5,7H,6H2. The second-order valence-electron chi connectivity index (χ2n) is 3.60. The van der Waals surface area contributed by atoms with Gasteiger partial charge in [-0.2, -0.15) is 0 Å². The number of nitrogens with zero attached hydrogens (tertiary/aromatic N) is 2. The van der Waals surface area contributed by atoms with Gasteiger partial charge >= 0.3 is 0 Å². The van der Waals surface area contributed by atoms with E-state index in [9.17, 15) is 9.59 Å². The average Bonchev–Trinajstić information content (AvgIpc) is 2.36. The SMILES string of the molecule is O=C(Cn1cncc(I)c1=O)c1ccc(I)cc1. The Labute approximate surface area is 131 Å². The molecule has 0 radical (unpaired) electrons. The molecule has 1 aromatic heterocycles. The van der Waals surface area contributed by atoms with Crippen molar-refractivity contribution in [2.24, 2.45) is 0 Å². The molecule has 0 aliphatic carbocycles. The van der Waals surface area contributed by atoms with Gasteiger partial charge in [-0.1, -0.05) is 12.1 Å².